The third-order valence-corrected chi connectivity index (χ3v) is 4.58. The van der Waals surface area contributed by atoms with Crippen molar-refractivity contribution in [3.63, 3.8) is 0 Å². The van der Waals surface area contributed by atoms with Crippen molar-refractivity contribution >= 4 is 21.8 Å². The van der Waals surface area contributed by atoms with Crippen LogP contribution in [0.3, 0.4) is 0 Å². The van der Waals surface area contributed by atoms with Gasteiger partial charge in [-0.25, -0.2) is 13.2 Å². The molecule has 2 amide bonds. The lowest BCUT2D eigenvalue weighted by Crippen LogP contribution is -2.51. The van der Waals surface area contributed by atoms with Gasteiger partial charge in [-0.3, -0.25) is 4.79 Å². The Morgan fingerprint density at radius 2 is 1.76 bits per heavy atom. The van der Waals surface area contributed by atoms with Crippen molar-refractivity contribution in [2.75, 3.05) is 24.6 Å². The lowest BCUT2D eigenvalue weighted by molar-refractivity contribution is -0.149. The van der Waals surface area contributed by atoms with Crippen LogP contribution in [-0.4, -0.2) is 67.2 Å². The summed E-state index contributed by atoms with van der Waals surface area (Å²) in [5.74, 6) is -1.88. The van der Waals surface area contributed by atoms with Gasteiger partial charge < -0.3 is 15.3 Å². The molecule has 0 bridgehead atoms. The van der Waals surface area contributed by atoms with Gasteiger partial charge in [-0.2, -0.15) is 13.2 Å². The minimum Gasteiger partial charge on any atom is -0.480 e. The topological polar surface area (TPSA) is 104 Å². The molecule has 7 nitrogen and oxygen atoms in total. The van der Waals surface area contributed by atoms with E-state index < -0.39 is 47.1 Å². The molecule has 0 spiro atoms. The van der Waals surface area contributed by atoms with Gasteiger partial charge in [0, 0.05) is 6.04 Å². The minimum absolute atomic E-state index is 0.0982. The van der Waals surface area contributed by atoms with Crippen molar-refractivity contribution in [1.82, 2.24) is 10.2 Å². The van der Waals surface area contributed by atoms with E-state index in [1.807, 2.05) is 0 Å². The third kappa shape index (κ3) is 6.65. The first-order valence-electron chi connectivity index (χ1n) is 6.03. The Balaban J connectivity index is 2.62. The van der Waals surface area contributed by atoms with Crippen LogP contribution in [0.25, 0.3) is 0 Å². The number of sulfone groups is 1. The van der Waals surface area contributed by atoms with Crippen LogP contribution < -0.4 is 5.32 Å². The van der Waals surface area contributed by atoms with E-state index in [1.54, 1.807) is 0 Å². The number of carboxylic acids is 1. The Morgan fingerprint density at radius 1 is 1.24 bits per heavy atom. The number of rotatable bonds is 4. The Kier molecular flexibility index (Phi) is 5.42. The van der Waals surface area contributed by atoms with Crippen LogP contribution in [0.2, 0.25) is 0 Å². The average Bonchev–Trinajstić information content (AvgIpc) is 2.28. The lowest BCUT2D eigenvalue weighted by atomic mass is 10.1. The number of aliphatic carboxylic acids is 1. The molecule has 0 unspecified atom stereocenters. The molecule has 0 aromatic heterocycles. The highest BCUT2D eigenvalue weighted by Crippen LogP contribution is 2.17. The highest BCUT2D eigenvalue weighted by atomic mass is 32.2. The molecule has 21 heavy (non-hydrogen) atoms. The van der Waals surface area contributed by atoms with Crippen LogP contribution in [0.4, 0.5) is 18.0 Å². The zero-order chi connectivity index (χ0) is 16.3. The third-order valence-electron chi connectivity index (χ3n) is 2.87. The number of nitrogens with zero attached hydrogens (tertiary/aromatic N) is 1. The lowest BCUT2D eigenvalue weighted by Gasteiger charge is -2.28. The maximum absolute atomic E-state index is 12.3. The van der Waals surface area contributed by atoms with E-state index in [2.05, 4.69) is 5.32 Å². The van der Waals surface area contributed by atoms with Crippen LogP contribution in [0.5, 0.6) is 0 Å². The highest BCUT2D eigenvalue weighted by molar-refractivity contribution is 7.91. The number of hydrogen-bond donors (Lipinski definition) is 2. The van der Waals surface area contributed by atoms with Gasteiger partial charge in [-0.15, -0.1) is 0 Å². The van der Waals surface area contributed by atoms with Crippen LogP contribution in [-0.2, 0) is 14.6 Å². The molecule has 1 saturated heterocycles. The first-order chi connectivity index (χ1) is 9.48. The summed E-state index contributed by atoms with van der Waals surface area (Å²) in [6.07, 6.45) is -4.52. The van der Waals surface area contributed by atoms with E-state index in [0.717, 1.165) is 0 Å². The SMILES string of the molecule is O=C(O)CN(CC(F)(F)F)C(=O)NC1CCS(=O)(=O)CC1. The maximum atomic E-state index is 12.3. The Hall–Kier alpha value is -1.52. The second-order valence-electron chi connectivity index (χ2n) is 4.74. The number of carboxylic acid groups (broad SMARTS) is 1. The van der Waals surface area contributed by atoms with E-state index in [-0.39, 0.29) is 29.2 Å². The molecular formula is C10H15F3N2O5S. The predicted octanol–water partition coefficient (Wildman–Crippen LogP) is 0.222. The molecule has 0 aromatic carbocycles. The number of nitrogens with one attached hydrogen (secondary N) is 1. The normalized spacial score (nSPS) is 19.0. The predicted molar refractivity (Wildman–Crippen MR) is 65.5 cm³/mol. The van der Waals surface area contributed by atoms with Gasteiger partial charge in [-0.1, -0.05) is 0 Å². The summed E-state index contributed by atoms with van der Waals surface area (Å²) in [5.41, 5.74) is 0. The smallest absolute Gasteiger partial charge is 0.406 e. The first-order valence-corrected chi connectivity index (χ1v) is 7.85. The van der Waals surface area contributed by atoms with Crippen molar-refractivity contribution in [2.24, 2.45) is 0 Å². The van der Waals surface area contributed by atoms with Gasteiger partial charge in [0.25, 0.3) is 0 Å². The Labute approximate surface area is 119 Å². The molecule has 2 N–H and O–H groups in total. The summed E-state index contributed by atoms with van der Waals surface area (Å²) in [7, 11) is -3.16. The molecule has 1 heterocycles. The number of halogens is 3. The van der Waals surface area contributed by atoms with E-state index in [9.17, 15) is 31.2 Å². The zero-order valence-corrected chi connectivity index (χ0v) is 11.7. The summed E-state index contributed by atoms with van der Waals surface area (Å²) >= 11 is 0. The standard InChI is InChI=1S/C10H15F3N2O5S/c11-10(12,13)6-15(5-8(16)17)9(18)14-7-1-3-21(19,20)4-2-7/h7H,1-6H2,(H,14,18)(H,16,17). The molecule has 0 aliphatic carbocycles. The van der Waals surface area contributed by atoms with Crippen molar-refractivity contribution in [3.8, 4) is 0 Å². The summed E-state index contributed by atoms with van der Waals surface area (Å²) in [4.78, 5) is 22.3. The minimum atomic E-state index is -4.72. The summed E-state index contributed by atoms with van der Waals surface area (Å²) in [6.45, 7) is -2.77. The number of alkyl halides is 3. The molecule has 122 valence electrons. The summed E-state index contributed by atoms with van der Waals surface area (Å²) < 4.78 is 59.3. The molecule has 0 atom stereocenters. The number of amides is 2. The van der Waals surface area contributed by atoms with Gasteiger partial charge in [0.05, 0.1) is 11.5 Å². The molecule has 1 aliphatic heterocycles. The summed E-state index contributed by atoms with van der Waals surface area (Å²) in [5, 5.41) is 10.8. The molecular weight excluding hydrogens is 317 g/mol. The molecule has 1 aliphatic rings. The van der Waals surface area contributed by atoms with Crippen molar-refractivity contribution in [1.29, 1.82) is 0 Å². The number of hydrogen-bond acceptors (Lipinski definition) is 4. The fourth-order valence-corrected chi connectivity index (χ4v) is 3.37. The summed E-state index contributed by atoms with van der Waals surface area (Å²) in [6, 6.07) is -1.75. The zero-order valence-electron chi connectivity index (χ0n) is 10.9. The quantitative estimate of drug-likeness (QED) is 0.766. The van der Waals surface area contributed by atoms with Gasteiger partial charge in [-0.05, 0) is 12.8 Å². The van der Waals surface area contributed by atoms with Gasteiger partial charge in [0.2, 0.25) is 0 Å². The number of carbonyl (C=O) groups is 2. The van der Waals surface area contributed by atoms with Crippen molar-refractivity contribution in [2.45, 2.75) is 25.1 Å². The molecule has 1 rings (SSSR count). The van der Waals surface area contributed by atoms with Gasteiger partial charge in [0.1, 0.15) is 22.9 Å². The van der Waals surface area contributed by atoms with E-state index in [0.29, 0.717) is 0 Å². The van der Waals surface area contributed by atoms with E-state index >= 15 is 0 Å². The Bertz CT molecular complexity index is 491. The molecule has 0 saturated carbocycles. The number of carbonyl (C=O) groups excluding carboxylic acids is 1. The maximum Gasteiger partial charge on any atom is 0.406 e. The fourth-order valence-electron chi connectivity index (χ4n) is 1.88. The Morgan fingerprint density at radius 3 is 2.19 bits per heavy atom. The van der Waals surface area contributed by atoms with Crippen LogP contribution in [0.1, 0.15) is 12.8 Å². The van der Waals surface area contributed by atoms with E-state index in [4.69, 9.17) is 5.11 Å². The van der Waals surface area contributed by atoms with Gasteiger partial charge >= 0.3 is 18.2 Å². The highest BCUT2D eigenvalue weighted by Gasteiger charge is 2.35. The second kappa shape index (κ2) is 6.50. The first kappa shape index (κ1) is 17.5. The van der Waals surface area contributed by atoms with Crippen LogP contribution in [0, 0.1) is 0 Å². The second-order valence-corrected chi connectivity index (χ2v) is 7.04. The largest absolute Gasteiger partial charge is 0.480 e. The fraction of sp³-hybridized carbons (Fsp3) is 0.800. The van der Waals surface area contributed by atoms with Crippen LogP contribution in [0.15, 0.2) is 0 Å². The molecule has 1 fully saturated rings. The van der Waals surface area contributed by atoms with Crippen molar-refractivity contribution < 1.29 is 36.3 Å². The molecule has 0 radical (unpaired) electrons. The van der Waals surface area contributed by atoms with Crippen LogP contribution >= 0.6 is 0 Å². The molecule has 11 heteroatoms. The van der Waals surface area contributed by atoms with E-state index in [1.165, 1.54) is 0 Å². The monoisotopic (exact) mass is 332 g/mol. The number of urea groups is 1. The average molecular weight is 332 g/mol. The van der Waals surface area contributed by atoms with Gasteiger partial charge in [0.15, 0.2) is 0 Å². The molecule has 0 aromatic rings. The van der Waals surface area contributed by atoms with Crippen molar-refractivity contribution in [3.05, 3.63) is 0 Å².